The number of benzene rings is 2. The van der Waals surface area contributed by atoms with Crippen molar-refractivity contribution in [3.63, 3.8) is 0 Å². The Hall–Kier alpha value is -3.26. The molecule has 1 aliphatic heterocycles. The van der Waals surface area contributed by atoms with Crippen LogP contribution in [0.15, 0.2) is 48.0 Å². The summed E-state index contributed by atoms with van der Waals surface area (Å²) in [7, 11) is 0. The highest BCUT2D eigenvalue weighted by molar-refractivity contribution is 6.09. The number of nitrogens with one attached hydrogen (secondary N) is 1. The van der Waals surface area contributed by atoms with Crippen LogP contribution in [0.4, 0.5) is 5.69 Å². The maximum Gasteiger partial charge on any atom is 0.266 e. The number of amides is 1. The van der Waals surface area contributed by atoms with Crippen LogP contribution in [0.1, 0.15) is 30.9 Å². The van der Waals surface area contributed by atoms with E-state index in [9.17, 15) is 10.1 Å². The van der Waals surface area contributed by atoms with Gasteiger partial charge in [0.25, 0.3) is 5.91 Å². The Morgan fingerprint density at radius 3 is 2.56 bits per heavy atom. The van der Waals surface area contributed by atoms with E-state index in [4.69, 9.17) is 9.47 Å². The van der Waals surface area contributed by atoms with Crippen molar-refractivity contribution >= 4 is 17.7 Å². The summed E-state index contributed by atoms with van der Waals surface area (Å²) in [5.41, 5.74) is 2.60. The molecule has 0 fully saturated rings. The molecule has 5 heteroatoms. The van der Waals surface area contributed by atoms with Crippen LogP contribution < -0.4 is 14.8 Å². The molecule has 0 aromatic heterocycles. The highest BCUT2D eigenvalue weighted by Crippen LogP contribution is 2.34. The van der Waals surface area contributed by atoms with Gasteiger partial charge in [0, 0.05) is 11.8 Å². The van der Waals surface area contributed by atoms with Gasteiger partial charge in [-0.15, -0.1) is 0 Å². The van der Waals surface area contributed by atoms with Crippen molar-refractivity contribution in [2.24, 2.45) is 0 Å². The number of nitriles is 1. The van der Waals surface area contributed by atoms with Crippen LogP contribution in [0.3, 0.4) is 0 Å². The molecule has 1 aliphatic rings. The van der Waals surface area contributed by atoms with E-state index in [-0.39, 0.29) is 12.4 Å². The Morgan fingerprint density at radius 1 is 1.16 bits per heavy atom. The van der Waals surface area contributed by atoms with Gasteiger partial charge in [-0.1, -0.05) is 38.1 Å². The average molecular weight is 334 g/mol. The summed E-state index contributed by atoms with van der Waals surface area (Å²) in [6.45, 7) is 4.40. The van der Waals surface area contributed by atoms with Gasteiger partial charge < -0.3 is 14.8 Å². The van der Waals surface area contributed by atoms with E-state index < -0.39 is 5.91 Å². The molecular formula is C20H18N2O3. The van der Waals surface area contributed by atoms with Crippen molar-refractivity contribution in [1.29, 1.82) is 5.26 Å². The van der Waals surface area contributed by atoms with Gasteiger partial charge in [0.1, 0.15) is 11.6 Å². The van der Waals surface area contributed by atoms with Crippen molar-refractivity contribution in [3.05, 3.63) is 59.2 Å². The van der Waals surface area contributed by atoms with E-state index >= 15 is 0 Å². The van der Waals surface area contributed by atoms with E-state index in [1.807, 2.05) is 30.3 Å². The van der Waals surface area contributed by atoms with Crippen LogP contribution in [-0.2, 0) is 4.79 Å². The number of hydrogen-bond acceptors (Lipinski definition) is 4. The quantitative estimate of drug-likeness (QED) is 0.675. The molecule has 25 heavy (non-hydrogen) atoms. The van der Waals surface area contributed by atoms with E-state index in [0.29, 0.717) is 23.1 Å². The van der Waals surface area contributed by atoms with Crippen LogP contribution in [0, 0.1) is 11.3 Å². The molecule has 1 heterocycles. The predicted molar refractivity (Wildman–Crippen MR) is 95.3 cm³/mol. The van der Waals surface area contributed by atoms with E-state index in [2.05, 4.69) is 19.2 Å². The minimum absolute atomic E-state index is 0.0370. The number of hydrogen-bond donors (Lipinski definition) is 1. The Balaban J connectivity index is 1.76. The molecule has 0 aliphatic carbocycles. The van der Waals surface area contributed by atoms with Crippen LogP contribution in [-0.4, -0.2) is 12.7 Å². The fraction of sp³-hybridized carbons (Fsp3) is 0.200. The maximum absolute atomic E-state index is 12.3. The lowest BCUT2D eigenvalue weighted by molar-refractivity contribution is -0.112. The minimum atomic E-state index is -0.464. The molecule has 0 atom stereocenters. The number of fused-ring (bicyclic) bond motifs is 1. The number of nitrogens with zero attached hydrogens (tertiary/aromatic N) is 1. The molecule has 2 aromatic carbocycles. The molecule has 0 saturated carbocycles. The second kappa shape index (κ2) is 7.10. The van der Waals surface area contributed by atoms with Crippen LogP contribution in [0.2, 0.25) is 0 Å². The Bertz CT molecular complexity index is 862. The van der Waals surface area contributed by atoms with Gasteiger partial charge in [-0.05, 0) is 35.3 Å². The van der Waals surface area contributed by atoms with Crippen molar-refractivity contribution in [3.8, 4) is 17.6 Å². The van der Waals surface area contributed by atoms with E-state index in [1.165, 1.54) is 5.56 Å². The summed E-state index contributed by atoms with van der Waals surface area (Å²) >= 11 is 0. The lowest BCUT2D eigenvalue weighted by Gasteiger charge is -2.07. The first kappa shape index (κ1) is 16.6. The number of ether oxygens (including phenoxy) is 2. The molecule has 0 unspecified atom stereocenters. The fourth-order valence-electron chi connectivity index (χ4n) is 2.47. The fourth-order valence-corrected chi connectivity index (χ4v) is 2.47. The predicted octanol–water partition coefficient (Wildman–Crippen LogP) is 4.08. The molecule has 2 aromatic rings. The van der Waals surface area contributed by atoms with Crippen LogP contribution in [0.25, 0.3) is 6.08 Å². The normalized spacial score (nSPS) is 12.8. The highest BCUT2D eigenvalue weighted by Gasteiger charge is 2.15. The van der Waals surface area contributed by atoms with Gasteiger partial charge in [0.2, 0.25) is 6.79 Å². The first-order chi connectivity index (χ1) is 12.1. The average Bonchev–Trinajstić information content (AvgIpc) is 3.07. The van der Waals surface area contributed by atoms with E-state index in [1.54, 1.807) is 24.3 Å². The lowest BCUT2D eigenvalue weighted by Crippen LogP contribution is -2.13. The van der Waals surface area contributed by atoms with Gasteiger partial charge >= 0.3 is 0 Å². The van der Waals surface area contributed by atoms with Gasteiger partial charge in [0.05, 0.1) is 0 Å². The van der Waals surface area contributed by atoms with Crippen LogP contribution >= 0.6 is 0 Å². The molecule has 0 radical (unpaired) electrons. The highest BCUT2D eigenvalue weighted by atomic mass is 16.7. The van der Waals surface area contributed by atoms with Gasteiger partial charge in [0.15, 0.2) is 11.5 Å². The third kappa shape index (κ3) is 3.81. The summed E-state index contributed by atoms with van der Waals surface area (Å²) in [6.07, 6.45) is 1.58. The summed E-state index contributed by atoms with van der Waals surface area (Å²) in [6, 6.07) is 14.9. The van der Waals surface area contributed by atoms with E-state index in [0.717, 1.165) is 5.56 Å². The molecule has 1 N–H and O–H groups in total. The number of anilines is 1. The van der Waals surface area contributed by atoms with Crippen molar-refractivity contribution in [2.45, 2.75) is 19.8 Å². The van der Waals surface area contributed by atoms with Crippen LogP contribution in [0.5, 0.6) is 11.5 Å². The molecule has 1 amide bonds. The third-order valence-corrected chi connectivity index (χ3v) is 3.91. The van der Waals surface area contributed by atoms with Crippen molar-refractivity contribution in [1.82, 2.24) is 0 Å². The second-order valence-electron chi connectivity index (χ2n) is 6.01. The van der Waals surface area contributed by atoms with Gasteiger partial charge in [-0.3, -0.25) is 4.79 Å². The SMILES string of the molecule is CC(C)c1ccc(C=C(C#N)C(=O)Nc2ccc3c(c2)OCO3)cc1. The first-order valence-electron chi connectivity index (χ1n) is 7.99. The molecule has 0 bridgehead atoms. The standard InChI is InChI=1S/C20H18N2O3/c1-13(2)15-5-3-14(4-6-15)9-16(11-21)20(23)22-17-7-8-18-19(10-17)25-12-24-18/h3-10,13H,12H2,1-2H3,(H,22,23). The monoisotopic (exact) mass is 334 g/mol. The Labute approximate surface area is 146 Å². The third-order valence-electron chi connectivity index (χ3n) is 3.91. The number of carbonyl (C=O) groups excluding carboxylic acids is 1. The van der Waals surface area contributed by atoms with Crippen molar-refractivity contribution in [2.75, 3.05) is 12.1 Å². The largest absolute Gasteiger partial charge is 0.454 e. The first-order valence-corrected chi connectivity index (χ1v) is 7.99. The second-order valence-corrected chi connectivity index (χ2v) is 6.01. The summed E-state index contributed by atoms with van der Waals surface area (Å²) in [5, 5.41) is 12.0. The smallest absolute Gasteiger partial charge is 0.266 e. The zero-order valence-corrected chi connectivity index (χ0v) is 14.1. The lowest BCUT2D eigenvalue weighted by atomic mass is 10.0. The maximum atomic E-state index is 12.3. The molecule has 0 spiro atoms. The molecule has 0 saturated heterocycles. The van der Waals surface area contributed by atoms with Crippen molar-refractivity contribution < 1.29 is 14.3 Å². The molecule has 126 valence electrons. The summed E-state index contributed by atoms with van der Waals surface area (Å²) in [4.78, 5) is 12.3. The number of carbonyl (C=O) groups is 1. The molecule has 3 rings (SSSR count). The minimum Gasteiger partial charge on any atom is -0.454 e. The van der Waals surface area contributed by atoms with Gasteiger partial charge in [-0.2, -0.15) is 5.26 Å². The zero-order chi connectivity index (χ0) is 17.8. The van der Waals surface area contributed by atoms with Gasteiger partial charge in [-0.25, -0.2) is 0 Å². The topological polar surface area (TPSA) is 71.4 Å². The molecule has 5 nitrogen and oxygen atoms in total. The molecular weight excluding hydrogens is 316 g/mol. The Morgan fingerprint density at radius 2 is 1.88 bits per heavy atom. The summed E-state index contributed by atoms with van der Waals surface area (Å²) < 4.78 is 10.5. The number of rotatable bonds is 4. The Kier molecular flexibility index (Phi) is 4.71. The summed E-state index contributed by atoms with van der Waals surface area (Å²) in [5.74, 6) is 1.18. The zero-order valence-electron chi connectivity index (χ0n) is 14.1.